The minimum atomic E-state index is -0.267. The molecule has 1 rings (SSSR count). The highest BCUT2D eigenvalue weighted by atomic mass is 127. The summed E-state index contributed by atoms with van der Waals surface area (Å²) in [6, 6.07) is 8.12. The Balaban J connectivity index is 0.00000529. The molecule has 0 bridgehead atoms. The van der Waals surface area contributed by atoms with E-state index in [2.05, 4.69) is 35.5 Å². The highest BCUT2D eigenvalue weighted by Crippen LogP contribution is 2.25. The van der Waals surface area contributed by atoms with E-state index >= 15 is 0 Å². The van der Waals surface area contributed by atoms with E-state index in [1.807, 2.05) is 32.0 Å². The van der Waals surface area contributed by atoms with Crippen LogP contribution >= 0.6 is 24.0 Å². The fourth-order valence-electron chi connectivity index (χ4n) is 2.11. The molecule has 2 N–H and O–H groups in total. The van der Waals surface area contributed by atoms with Crippen LogP contribution in [0.15, 0.2) is 29.3 Å². The summed E-state index contributed by atoms with van der Waals surface area (Å²) in [5.74, 6) is 2.04. The fourth-order valence-corrected chi connectivity index (χ4v) is 2.11. The molecule has 0 spiro atoms. The van der Waals surface area contributed by atoms with Gasteiger partial charge >= 0.3 is 0 Å². The molecular weight excluding hydrogens is 417 g/mol. The van der Waals surface area contributed by atoms with Crippen LogP contribution in [0.25, 0.3) is 0 Å². The zero-order valence-corrected chi connectivity index (χ0v) is 18.0. The zero-order chi connectivity index (χ0) is 17.3. The maximum Gasteiger partial charge on any atom is 0.191 e. The van der Waals surface area contributed by atoms with Crippen molar-refractivity contribution in [2.75, 3.05) is 33.9 Å². The van der Waals surface area contributed by atoms with Gasteiger partial charge in [0.1, 0.15) is 5.75 Å². The van der Waals surface area contributed by atoms with E-state index in [0.29, 0.717) is 12.5 Å². The van der Waals surface area contributed by atoms with Gasteiger partial charge in [-0.3, -0.25) is 4.99 Å². The fraction of sp³-hybridized carbons (Fsp3) is 0.611. The molecule has 1 aromatic rings. The molecule has 0 aliphatic carbocycles. The number of guanidine groups is 1. The minimum absolute atomic E-state index is 0. The third kappa shape index (κ3) is 7.70. The van der Waals surface area contributed by atoms with Gasteiger partial charge in [0, 0.05) is 26.1 Å². The maximum atomic E-state index is 5.44. The first kappa shape index (κ1) is 23.0. The van der Waals surface area contributed by atoms with Gasteiger partial charge in [0.25, 0.3) is 0 Å². The molecule has 0 heterocycles. The molecule has 0 radical (unpaired) electrons. The van der Waals surface area contributed by atoms with Gasteiger partial charge in [-0.25, -0.2) is 0 Å². The Kier molecular flexibility index (Phi) is 11.0. The van der Waals surface area contributed by atoms with E-state index in [4.69, 9.17) is 9.47 Å². The van der Waals surface area contributed by atoms with Gasteiger partial charge in [0.05, 0.1) is 19.3 Å². The number of halogens is 1. The molecule has 24 heavy (non-hydrogen) atoms. The number of ether oxygens (including phenoxy) is 2. The lowest BCUT2D eigenvalue weighted by Crippen LogP contribution is -2.40. The van der Waals surface area contributed by atoms with E-state index in [0.717, 1.165) is 24.8 Å². The normalized spacial score (nSPS) is 13.0. The Labute approximate surface area is 163 Å². The van der Waals surface area contributed by atoms with Crippen LogP contribution in [-0.2, 0) is 4.74 Å². The van der Waals surface area contributed by atoms with Crippen molar-refractivity contribution in [2.24, 2.45) is 4.99 Å². The highest BCUT2D eigenvalue weighted by molar-refractivity contribution is 14.0. The van der Waals surface area contributed by atoms with Gasteiger partial charge in [-0.2, -0.15) is 0 Å². The van der Waals surface area contributed by atoms with E-state index in [-0.39, 0.29) is 29.6 Å². The number of aliphatic imine (C=N–C) groups is 1. The Bertz CT molecular complexity index is 507. The Hall–Kier alpha value is -1.02. The average molecular weight is 449 g/mol. The predicted octanol–water partition coefficient (Wildman–Crippen LogP) is 3.40. The van der Waals surface area contributed by atoms with E-state index in [1.54, 1.807) is 14.2 Å². The van der Waals surface area contributed by atoms with Gasteiger partial charge in [-0.05, 0) is 32.4 Å². The van der Waals surface area contributed by atoms with Crippen molar-refractivity contribution in [1.82, 2.24) is 10.6 Å². The second-order valence-electron chi connectivity index (χ2n) is 6.18. The number of nitrogens with one attached hydrogen (secondary N) is 2. The molecule has 0 aromatic heterocycles. The molecule has 5 nitrogen and oxygen atoms in total. The average Bonchev–Trinajstić information content (AvgIpc) is 2.57. The quantitative estimate of drug-likeness (QED) is 0.363. The molecular formula is C18H32IN3O2. The number of hydrogen-bond donors (Lipinski definition) is 2. The van der Waals surface area contributed by atoms with Crippen LogP contribution in [0.1, 0.15) is 39.2 Å². The number of para-hydroxylation sites is 1. The Morgan fingerprint density at radius 1 is 1.21 bits per heavy atom. The predicted molar refractivity (Wildman–Crippen MR) is 112 cm³/mol. The number of benzene rings is 1. The van der Waals surface area contributed by atoms with Gasteiger partial charge in [-0.15, -0.1) is 24.0 Å². The Morgan fingerprint density at radius 2 is 1.88 bits per heavy atom. The van der Waals surface area contributed by atoms with Crippen LogP contribution in [0, 0.1) is 0 Å². The monoisotopic (exact) mass is 449 g/mol. The second kappa shape index (κ2) is 11.5. The van der Waals surface area contributed by atoms with Crippen molar-refractivity contribution in [1.29, 1.82) is 0 Å². The van der Waals surface area contributed by atoms with Crippen molar-refractivity contribution in [3.8, 4) is 5.75 Å². The summed E-state index contributed by atoms with van der Waals surface area (Å²) in [5, 5.41) is 6.66. The van der Waals surface area contributed by atoms with Crippen molar-refractivity contribution >= 4 is 29.9 Å². The van der Waals surface area contributed by atoms with Crippen LogP contribution in [-0.4, -0.2) is 45.4 Å². The molecule has 0 saturated carbocycles. The summed E-state index contributed by atoms with van der Waals surface area (Å²) in [6.07, 6.45) is 0. The molecule has 0 fully saturated rings. The summed E-state index contributed by atoms with van der Waals surface area (Å²) in [5.41, 5.74) is 0.923. The molecule has 0 saturated heterocycles. The zero-order valence-electron chi connectivity index (χ0n) is 15.7. The van der Waals surface area contributed by atoms with E-state index in [9.17, 15) is 0 Å². The topological polar surface area (TPSA) is 54.9 Å². The SMILES string of the molecule is CCNC(=NCC(C)(C)OC)NCC(C)c1ccccc1OC.I. The molecule has 6 heteroatoms. The van der Waals surface area contributed by atoms with Crippen LogP contribution in [0.2, 0.25) is 0 Å². The van der Waals surface area contributed by atoms with Gasteiger partial charge in [0.2, 0.25) is 0 Å². The lowest BCUT2D eigenvalue weighted by molar-refractivity contribution is 0.0310. The van der Waals surface area contributed by atoms with Gasteiger partial charge in [-0.1, -0.05) is 25.1 Å². The first-order valence-corrected chi connectivity index (χ1v) is 8.13. The number of nitrogens with zero attached hydrogens (tertiary/aromatic N) is 1. The second-order valence-corrected chi connectivity index (χ2v) is 6.18. The standard InChI is InChI=1S/C18H31N3O2.HI/c1-7-19-17(21-13-18(3,4)23-6)20-12-14(2)15-10-8-9-11-16(15)22-5;/h8-11,14H,7,12-13H2,1-6H3,(H2,19,20,21);1H. The molecule has 138 valence electrons. The van der Waals surface area contributed by atoms with Crippen molar-refractivity contribution in [3.63, 3.8) is 0 Å². The number of rotatable bonds is 8. The smallest absolute Gasteiger partial charge is 0.191 e. The van der Waals surface area contributed by atoms with Crippen LogP contribution < -0.4 is 15.4 Å². The third-order valence-corrected chi connectivity index (χ3v) is 3.76. The highest BCUT2D eigenvalue weighted by Gasteiger charge is 2.16. The van der Waals surface area contributed by atoms with Crippen LogP contribution in [0.3, 0.4) is 0 Å². The molecule has 1 unspecified atom stereocenters. The lowest BCUT2D eigenvalue weighted by Gasteiger charge is -2.22. The third-order valence-electron chi connectivity index (χ3n) is 3.76. The summed E-state index contributed by atoms with van der Waals surface area (Å²) in [4.78, 5) is 4.60. The maximum absolute atomic E-state index is 5.44. The van der Waals surface area contributed by atoms with Crippen LogP contribution in [0.4, 0.5) is 0 Å². The molecule has 0 aliphatic rings. The van der Waals surface area contributed by atoms with Gasteiger partial charge < -0.3 is 20.1 Å². The van der Waals surface area contributed by atoms with Crippen molar-refractivity contribution < 1.29 is 9.47 Å². The summed E-state index contributed by atoms with van der Waals surface area (Å²) < 4.78 is 10.8. The van der Waals surface area contributed by atoms with Crippen molar-refractivity contribution in [3.05, 3.63) is 29.8 Å². The molecule has 0 amide bonds. The largest absolute Gasteiger partial charge is 0.496 e. The number of hydrogen-bond acceptors (Lipinski definition) is 3. The molecule has 1 atom stereocenters. The van der Waals surface area contributed by atoms with Crippen molar-refractivity contribution in [2.45, 2.75) is 39.2 Å². The summed E-state index contributed by atoms with van der Waals surface area (Å²) >= 11 is 0. The molecule has 1 aromatic carbocycles. The summed E-state index contributed by atoms with van der Waals surface area (Å²) in [6.45, 7) is 10.5. The van der Waals surface area contributed by atoms with Crippen LogP contribution in [0.5, 0.6) is 5.75 Å². The summed E-state index contributed by atoms with van der Waals surface area (Å²) in [7, 11) is 3.41. The van der Waals surface area contributed by atoms with E-state index < -0.39 is 0 Å². The van der Waals surface area contributed by atoms with E-state index in [1.165, 1.54) is 5.56 Å². The minimum Gasteiger partial charge on any atom is -0.496 e. The molecule has 0 aliphatic heterocycles. The first-order chi connectivity index (χ1) is 10.9. The van der Waals surface area contributed by atoms with Gasteiger partial charge in [0.15, 0.2) is 5.96 Å². The number of methoxy groups -OCH3 is 2. The Morgan fingerprint density at radius 3 is 2.46 bits per heavy atom. The first-order valence-electron chi connectivity index (χ1n) is 8.13. The lowest BCUT2D eigenvalue weighted by atomic mass is 10.0.